The van der Waals surface area contributed by atoms with Gasteiger partial charge in [0, 0.05) is 17.1 Å². The zero-order chi connectivity index (χ0) is 16.1. The molecule has 0 spiro atoms. The highest BCUT2D eigenvalue weighted by molar-refractivity contribution is 7.98. The number of thioether (sulfide) groups is 1. The molecule has 2 N–H and O–H groups in total. The first kappa shape index (κ1) is 16.6. The third-order valence-corrected chi connectivity index (χ3v) is 3.67. The van der Waals surface area contributed by atoms with Crippen molar-refractivity contribution in [2.24, 2.45) is 0 Å². The first-order valence-electron chi connectivity index (χ1n) is 6.59. The molecule has 2 rings (SSSR count). The van der Waals surface area contributed by atoms with Crippen LogP contribution in [0, 0.1) is 11.3 Å². The van der Waals surface area contributed by atoms with Gasteiger partial charge in [-0.3, -0.25) is 0 Å². The Morgan fingerprint density at radius 3 is 2.59 bits per heavy atom. The number of nitrogens with zero attached hydrogens (tertiary/aromatic N) is 3. The second kappa shape index (κ2) is 7.45. The summed E-state index contributed by atoms with van der Waals surface area (Å²) in [5.41, 5.74) is 1.69. The molecule has 114 valence electrons. The van der Waals surface area contributed by atoms with Crippen LogP contribution < -0.4 is 5.32 Å². The van der Waals surface area contributed by atoms with E-state index in [2.05, 4.69) is 21.4 Å². The van der Waals surface area contributed by atoms with Crippen molar-refractivity contribution < 1.29 is 5.11 Å². The molecular weight excluding hydrogens is 320 g/mol. The van der Waals surface area contributed by atoms with Gasteiger partial charge >= 0.3 is 0 Å². The molecular formula is C15H15ClN4OS. The van der Waals surface area contributed by atoms with Crippen molar-refractivity contribution in [3.8, 4) is 17.3 Å². The maximum absolute atomic E-state index is 9.48. The Balaban J connectivity index is 2.54. The average Bonchev–Trinajstić information content (AvgIpc) is 2.52. The standard InChI is InChI=1S/C15H15ClN4OS/c1-9(21)8-18-14-12(7-17)13(19-15(20-14)22-2)10-3-5-11(16)6-4-10/h3-6,9,21H,8H2,1-2H3,(H,18,19,20)/t9-/m1/s1. The van der Waals surface area contributed by atoms with Gasteiger partial charge in [0.2, 0.25) is 0 Å². The van der Waals surface area contributed by atoms with E-state index < -0.39 is 6.10 Å². The molecule has 1 aromatic heterocycles. The van der Waals surface area contributed by atoms with Crippen molar-refractivity contribution in [3.63, 3.8) is 0 Å². The Morgan fingerprint density at radius 2 is 2.05 bits per heavy atom. The van der Waals surface area contributed by atoms with Gasteiger partial charge in [0.1, 0.15) is 17.5 Å². The van der Waals surface area contributed by atoms with Crippen molar-refractivity contribution >= 4 is 29.2 Å². The molecule has 5 nitrogen and oxygen atoms in total. The first-order chi connectivity index (χ1) is 10.5. The number of hydrogen-bond donors (Lipinski definition) is 2. The van der Waals surface area contributed by atoms with Crippen molar-refractivity contribution in [3.05, 3.63) is 34.9 Å². The molecule has 0 saturated carbocycles. The molecule has 0 fully saturated rings. The maximum atomic E-state index is 9.48. The van der Waals surface area contributed by atoms with Gasteiger partial charge in [-0.2, -0.15) is 5.26 Å². The lowest BCUT2D eigenvalue weighted by Crippen LogP contribution is -2.17. The van der Waals surface area contributed by atoms with Crippen LogP contribution in [-0.4, -0.2) is 34.0 Å². The molecule has 0 saturated heterocycles. The number of benzene rings is 1. The van der Waals surface area contributed by atoms with E-state index in [9.17, 15) is 10.4 Å². The fraction of sp³-hybridized carbons (Fsp3) is 0.267. The van der Waals surface area contributed by atoms with Crippen molar-refractivity contribution in [1.29, 1.82) is 5.26 Å². The summed E-state index contributed by atoms with van der Waals surface area (Å²) >= 11 is 7.29. The largest absolute Gasteiger partial charge is 0.392 e. The van der Waals surface area contributed by atoms with Crippen LogP contribution in [0.5, 0.6) is 0 Å². The Hall–Kier alpha value is -1.81. The predicted molar refractivity (Wildman–Crippen MR) is 89.1 cm³/mol. The van der Waals surface area contributed by atoms with E-state index in [1.54, 1.807) is 19.1 Å². The second-order valence-corrected chi connectivity index (χ2v) is 5.84. The minimum Gasteiger partial charge on any atom is -0.392 e. The number of hydrogen-bond acceptors (Lipinski definition) is 6. The molecule has 0 aliphatic carbocycles. The van der Waals surface area contributed by atoms with Gasteiger partial charge < -0.3 is 10.4 Å². The fourth-order valence-corrected chi connectivity index (χ4v) is 2.32. The summed E-state index contributed by atoms with van der Waals surface area (Å²) in [5, 5.41) is 23.1. The normalized spacial score (nSPS) is 11.8. The smallest absolute Gasteiger partial charge is 0.189 e. The van der Waals surface area contributed by atoms with Crippen molar-refractivity contribution in [1.82, 2.24) is 9.97 Å². The van der Waals surface area contributed by atoms with Gasteiger partial charge in [-0.25, -0.2) is 9.97 Å². The molecule has 0 radical (unpaired) electrons. The third kappa shape index (κ3) is 3.89. The highest BCUT2D eigenvalue weighted by Gasteiger charge is 2.16. The molecule has 0 unspecified atom stereocenters. The Bertz CT molecular complexity index is 698. The second-order valence-electron chi connectivity index (χ2n) is 4.63. The van der Waals surface area contributed by atoms with Crippen LogP contribution in [0.25, 0.3) is 11.3 Å². The van der Waals surface area contributed by atoms with E-state index in [-0.39, 0.29) is 0 Å². The summed E-state index contributed by atoms with van der Waals surface area (Å²) in [7, 11) is 0. The highest BCUT2D eigenvalue weighted by Crippen LogP contribution is 2.29. The number of rotatable bonds is 5. The zero-order valence-corrected chi connectivity index (χ0v) is 13.7. The summed E-state index contributed by atoms with van der Waals surface area (Å²) in [6.07, 6.45) is 1.32. The van der Waals surface area contributed by atoms with Crippen molar-refractivity contribution in [2.75, 3.05) is 18.1 Å². The van der Waals surface area contributed by atoms with Gasteiger partial charge in [0.05, 0.1) is 11.8 Å². The van der Waals surface area contributed by atoms with E-state index in [0.29, 0.717) is 33.8 Å². The van der Waals surface area contributed by atoms with Gasteiger partial charge in [-0.15, -0.1) is 0 Å². The van der Waals surface area contributed by atoms with Crippen molar-refractivity contribution in [2.45, 2.75) is 18.2 Å². The Labute approximate surface area is 138 Å². The maximum Gasteiger partial charge on any atom is 0.189 e. The summed E-state index contributed by atoms with van der Waals surface area (Å²) in [6, 6.07) is 9.27. The summed E-state index contributed by atoms with van der Waals surface area (Å²) in [4.78, 5) is 8.75. The fourth-order valence-electron chi connectivity index (χ4n) is 1.83. The molecule has 0 aliphatic rings. The lowest BCUT2D eigenvalue weighted by molar-refractivity contribution is 0.208. The lowest BCUT2D eigenvalue weighted by Gasteiger charge is -2.13. The summed E-state index contributed by atoms with van der Waals surface area (Å²) < 4.78 is 0. The van der Waals surface area contributed by atoms with Gasteiger partial charge in [-0.05, 0) is 25.3 Å². The third-order valence-electron chi connectivity index (χ3n) is 2.87. The lowest BCUT2D eigenvalue weighted by atomic mass is 10.1. The van der Waals surface area contributed by atoms with E-state index in [1.807, 2.05) is 18.4 Å². The number of halogens is 1. The number of aromatic nitrogens is 2. The van der Waals surface area contributed by atoms with Gasteiger partial charge in [0.25, 0.3) is 0 Å². The molecule has 7 heteroatoms. The number of anilines is 1. The minimum absolute atomic E-state index is 0.305. The molecule has 22 heavy (non-hydrogen) atoms. The molecule has 1 heterocycles. The molecule has 0 amide bonds. The zero-order valence-electron chi connectivity index (χ0n) is 12.2. The van der Waals surface area contributed by atoms with Gasteiger partial charge in [0.15, 0.2) is 5.16 Å². The van der Waals surface area contributed by atoms with E-state index in [4.69, 9.17) is 11.6 Å². The van der Waals surface area contributed by atoms with Crippen LogP contribution in [0.15, 0.2) is 29.4 Å². The molecule has 0 bridgehead atoms. The topological polar surface area (TPSA) is 81.8 Å². The number of nitrogens with one attached hydrogen (secondary N) is 1. The van der Waals surface area contributed by atoms with Crippen LogP contribution in [0.1, 0.15) is 12.5 Å². The minimum atomic E-state index is -0.543. The van der Waals surface area contributed by atoms with E-state index >= 15 is 0 Å². The molecule has 1 aromatic carbocycles. The van der Waals surface area contributed by atoms with Crippen LogP contribution in [0.2, 0.25) is 5.02 Å². The van der Waals surface area contributed by atoms with Crippen LogP contribution in [0.4, 0.5) is 5.82 Å². The van der Waals surface area contributed by atoms with Crippen LogP contribution >= 0.6 is 23.4 Å². The van der Waals surface area contributed by atoms with E-state index in [0.717, 1.165) is 5.56 Å². The Morgan fingerprint density at radius 1 is 1.36 bits per heavy atom. The quantitative estimate of drug-likeness (QED) is 0.645. The predicted octanol–water partition coefficient (Wildman–Crippen LogP) is 3.18. The summed E-state index contributed by atoms with van der Waals surface area (Å²) in [6.45, 7) is 1.97. The SMILES string of the molecule is CSc1nc(NC[C@@H](C)O)c(C#N)c(-c2ccc(Cl)cc2)n1. The molecule has 0 aliphatic heterocycles. The Kier molecular flexibility index (Phi) is 5.61. The molecule has 1 atom stereocenters. The molecule has 2 aromatic rings. The first-order valence-corrected chi connectivity index (χ1v) is 8.19. The van der Waals surface area contributed by atoms with E-state index in [1.165, 1.54) is 11.8 Å². The highest BCUT2D eigenvalue weighted by atomic mass is 35.5. The number of nitriles is 1. The van der Waals surface area contributed by atoms with Gasteiger partial charge in [-0.1, -0.05) is 35.5 Å². The summed E-state index contributed by atoms with van der Waals surface area (Å²) in [5.74, 6) is 0.424. The number of aliphatic hydroxyl groups excluding tert-OH is 1. The van der Waals surface area contributed by atoms with Crippen LogP contribution in [0.3, 0.4) is 0 Å². The number of aliphatic hydroxyl groups is 1. The van der Waals surface area contributed by atoms with Crippen LogP contribution in [-0.2, 0) is 0 Å². The average molecular weight is 335 g/mol. The monoisotopic (exact) mass is 334 g/mol.